The van der Waals surface area contributed by atoms with Gasteiger partial charge in [0.2, 0.25) is 5.91 Å². The highest BCUT2D eigenvalue weighted by Gasteiger charge is 2.20. The number of nitrogens with one attached hydrogen (secondary N) is 2. The molecule has 1 amide bonds. The number of nitro benzene ring substituents is 1. The van der Waals surface area contributed by atoms with E-state index in [1.165, 1.54) is 38.3 Å². The van der Waals surface area contributed by atoms with Gasteiger partial charge in [-0.3, -0.25) is 20.3 Å². The van der Waals surface area contributed by atoms with Crippen LogP contribution in [-0.2, 0) is 21.2 Å². The predicted molar refractivity (Wildman–Crippen MR) is 93.0 cm³/mol. The minimum absolute atomic E-state index is 0.0147. The number of carbonyl (C=O) groups is 1. The summed E-state index contributed by atoms with van der Waals surface area (Å²) in [7, 11) is -2.92. The number of ether oxygens (including phenoxy) is 1. The Hall–Kier alpha value is -3.05. The second kappa shape index (κ2) is 8.10. The molecule has 2 rings (SSSR count). The molecule has 0 radical (unpaired) electrons. The molecule has 2 aromatic carbocycles. The molecule has 0 unspecified atom stereocenters. The average Bonchev–Trinajstić information content (AvgIpc) is 2.60. The molecule has 0 bridgehead atoms. The van der Waals surface area contributed by atoms with Crippen LogP contribution in [0.2, 0.25) is 0 Å². The largest absolute Gasteiger partial charge is 0.494 e. The summed E-state index contributed by atoms with van der Waals surface area (Å²) in [5.41, 5.74) is 2.22. The third-order valence-electron chi connectivity index (χ3n) is 3.59. The SMILES string of the molecule is COc1ccc(CC(=O)NNS(=O)(=O)c2ccc(C)c([N+](=O)[O-])c2)cc1F. The van der Waals surface area contributed by atoms with Gasteiger partial charge in [0.1, 0.15) is 0 Å². The average molecular weight is 397 g/mol. The van der Waals surface area contributed by atoms with E-state index in [-0.39, 0.29) is 22.8 Å². The van der Waals surface area contributed by atoms with Gasteiger partial charge >= 0.3 is 0 Å². The maximum absolute atomic E-state index is 13.6. The molecule has 27 heavy (non-hydrogen) atoms. The van der Waals surface area contributed by atoms with E-state index in [0.717, 1.165) is 12.1 Å². The summed E-state index contributed by atoms with van der Waals surface area (Å²) in [4.78, 5) is 23.6. The third-order valence-corrected chi connectivity index (χ3v) is 4.84. The second-order valence-electron chi connectivity index (χ2n) is 5.50. The summed E-state index contributed by atoms with van der Waals surface area (Å²) in [6, 6.07) is 7.25. The van der Waals surface area contributed by atoms with Gasteiger partial charge in [-0.1, -0.05) is 12.1 Å². The lowest BCUT2D eigenvalue weighted by Crippen LogP contribution is -2.42. The van der Waals surface area contributed by atoms with E-state index in [4.69, 9.17) is 4.74 Å². The molecule has 11 heteroatoms. The number of halogens is 1. The number of rotatable bonds is 7. The van der Waals surface area contributed by atoms with Gasteiger partial charge in [0.15, 0.2) is 11.6 Å². The van der Waals surface area contributed by atoms with Gasteiger partial charge in [0, 0.05) is 11.6 Å². The fourth-order valence-electron chi connectivity index (χ4n) is 2.19. The van der Waals surface area contributed by atoms with Gasteiger partial charge < -0.3 is 4.74 Å². The predicted octanol–water partition coefficient (Wildman–Crippen LogP) is 1.60. The molecule has 0 fully saturated rings. The van der Waals surface area contributed by atoms with Gasteiger partial charge in [0.05, 0.1) is 23.3 Å². The second-order valence-corrected chi connectivity index (χ2v) is 7.19. The minimum atomic E-state index is -4.22. The van der Waals surface area contributed by atoms with Crippen molar-refractivity contribution in [1.29, 1.82) is 0 Å². The van der Waals surface area contributed by atoms with Crippen molar-refractivity contribution >= 4 is 21.6 Å². The third kappa shape index (κ3) is 4.99. The Labute approximate surface area is 154 Å². The number of hydrogen-bond donors (Lipinski definition) is 2. The summed E-state index contributed by atoms with van der Waals surface area (Å²) in [5, 5.41) is 10.9. The van der Waals surface area contributed by atoms with Crippen LogP contribution < -0.4 is 15.0 Å². The fourth-order valence-corrected chi connectivity index (χ4v) is 3.07. The number of amides is 1. The molecule has 0 aliphatic heterocycles. The maximum Gasteiger partial charge on any atom is 0.273 e. The normalized spacial score (nSPS) is 11.1. The van der Waals surface area contributed by atoms with Gasteiger partial charge in [-0.2, -0.15) is 0 Å². The molecule has 0 spiro atoms. The molecule has 0 atom stereocenters. The molecule has 0 saturated carbocycles. The Bertz CT molecular complexity index is 994. The van der Waals surface area contributed by atoms with Crippen molar-refractivity contribution in [2.75, 3.05) is 7.11 Å². The Morgan fingerprint density at radius 2 is 1.96 bits per heavy atom. The number of benzene rings is 2. The molecular weight excluding hydrogens is 381 g/mol. The number of methoxy groups -OCH3 is 1. The minimum Gasteiger partial charge on any atom is -0.494 e. The zero-order valence-electron chi connectivity index (χ0n) is 14.4. The van der Waals surface area contributed by atoms with Gasteiger partial charge in [-0.25, -0.2) is 12.8 Å². The van der Waals surface area contributed by atoms with Crippen LogP contribution >= 0.6 is 0 Å². The van der Waals surface area contributed by atoms with E-state index in [1.54, 1.807) is 0 Å². The smallest absolute Gasteiger partial charge is 0.273 e. The highest BCUT2D eigenvalue weighted by Crippen LogP contribution is 2.22. The zero-order chi connectivity index (χ0) is 20.2. The fraction of sp³-hybridized carbons (Fsp3) is 0.188. The monoisotopic (exact) mass is 397 g/mol. The van der Waals surface area contributed by atoms with Crippen LogP contribution in [0.15, 0.2) is 41.3 Å². The molecular formula is C16H16FN3O6S. The lowest BCUT2D eigenvalue weighted by molar-refractivity contribution is -0.385. The van der Waals surface area contributed by atoms with Crippen molar-refractivity contribution < 1.29 is 27.3 Å². The topological polar surface area (TPSA) is 128 Å². The first-order valence-electron chi connectivity index (χ1n) is 7.52. The summed E-state index contributed by atoms with van der Waals surface area (Å²) in [5.74, 6) is -1.39. The molecule has 0 aromatic heterocycles. The Morgan fingerprint density at radius 1 is 1.26 bits per heavy atom. The number of hydrogen-bond acceptors (Lipinski definition) is 6. The van der Waals surface area contributed by atoms with Crippen molar-refractivity contribution in [3.8, 4) is 5.75 Å². The van der Waals surface area contributed by atoms with E-state index >= 15 is 0 Å². The first-order chi connectivity index (χ1) is 12.6. The van der Waals surface area contributed by atoms with E-state index in [1.807, 2.05) is 10.3 Å². The maximum atomic E-state index is 13.6. The summed E-state index contributed by atoms with van der Waals surface area (Å²) < 4.78 is 42.8. The summed E-state index contributed by atoms with van der Waals surface area (Å²) in [6.45, 7) is 1.47. The molecule has 2 N–H and O–H groups in total. The molecule has 144 valence electrons. The molecule has 0 saturated heterocycles. The van der Waals surface area contributed by atoms with E-state index in [0.29, 0.717) is 11.1 Å². The quantitative estimate of drug-likeness (QED) is 0.540. The molecule has 0 heterocycles. The summed E-state index contributed by atoms with van der Waals surface area (Å²) >= 11 is 0. The first kappa shape index (κ1) is 20.3. The van der Waals surface area contributed by atoms with Crippen LogP contribution in [0.5, 0.6) is 5.75 Å². The van der Waals surface area contributed by atoms with Gasteiger partial charge in [-0.05, 0) is 30.7 Å². The van der Waals surface area contributed by atoms with Crippen LogP contribution in [0.3, 0.4) is 0 Å². The van der Waals surface area contributed by atoms with Gasteiger partial charge in [0.25, 0.3) is 15.7 Å². The lowest BCUT2D eigenvalue weighted by Gasteiger charge is -2.09. The van der Waals surface area contributed by atoms with E-state index in [2.05, 4.69) is 0 Å². The number of hydrazine groups is 1. The standard InChI is InChI=1S/C16H16FN3O6S/c1-10-3-5-12(9-14(10)20(22)23)27(24,25)19-18-16(21)8-11-4-6-15(26-2)13(17)7-11/h3-7,9,19H,8H2,1-2H3,(H,18,21). The molecule has 2 aromatic rings. The van der Waals surface area contributed by atoms with Crippen molar-refractivity contribution in [1.82, 2.24) is 10.3 Å². The van der Waals surface area contributed by atoms with E-state index in [9.17, 15) is 27.7 Å². The molecule has 9 nitrogen and oxygen atoms in total. The number of nitro groups is 1. The van der Waals surface area contributed by atoms with Crippen LogP contribution in [0.1, 0.15) is 11.1 Å². The van der Waals surface area contributed by atoms with Crippen molar-refractivity contribution in [3.63, 3.8) is 0 Å². The number of nitrogens with zero attached hydrogens (tertiary/aromatic N) is 1. The Kier molecular flexibility index (Phi) is 6.08. The zero-order valence-corrected chi connectivity index (χ0v) is 15.2. The van der Waals surface area contributed by atoms with Crippen molar-refractivity contribution in [2.45, 2.75) is 18.2 Å². The van der Waals surface area contributed by atoms with Crippen LogP contribution in [0.4, 0.5) is 10.1 Å². The van der Waals surface area contributed by atoms with Crippen LogP contribution in [0, 0.1) is 22.9 Å². The highest BCUT2D eigenvalue weighted by molar-refractivity contribution is 7.89. The van der Waals surface area contributed by atoms with Crippen LogP contribution in [0.25, 0.3) is 0 Å². The highest BCUT2D eigenvalue weighted by atomic mass is 32.2. The lowest BCUT2D eigenvalue weighted by atomic mass is 10.1. The Morgan fingerprint density at radius 3 is 2.56 bits per heavy atom. The van der Waals surface area contributed by atoms with Crippen molar-refractivity contribution in [2.24, 2.45) is 0 Å². The summed E-state index contributed by atoms with van der Waals surface area (Å²) in [6.07, 6.45) is -0.294. The number of carbonyl (C=O) groups excluding carboxylic acids is 1. The molecule has 0 aliphatic rings. The number of sulfonamides is 1. The van der Waals surface area contributed by atoms with Crippen molar-refractivity contribution in [3.05, 3.63) is 63.5 Å². The molecule has 0 aliphatic carbocycles. The Balaban J connectivity index is 2.06. The number of aryl methyl sites for hydroxylation is 1. The van der Waals surface area contributed by atoms with Crippen LogP contribution in [-0.4, -0.2) is 26.4 Å². The van der Waals surface area contributed by atoms with E-state index < -0.39 is 26.7 Å². The van der Waals surface area contributed by atoms with Gasteiger partial charge in [-0.15, -0.1) is 4.83 Å². The first-order valence-corrected chi connectivity index (χ1v) is 9.00.